The van der Waals surface area contributed by atoms with Crippen LogP contribution in [0.4, 0.5) is 5.95 Å². The van der Waals surface area contributed by atoms with Gasteiger partial charge in [-0.2, -0.15) is 0 Å². The zero-order chi connectivity index (χ0) is 17.9. The van der Waals surface area contributed by atoms with Crippen LogP contribution in [0.3, 0.4) is 0 Å². The topological polar surface area (TPSA) is 81.7 Å². The molecule has 0 aliphatic heterocycles. The lowest BCUT2D eigenvalue weighted by atomic mass is 10.3. The van der Waals surface area contributed by atoms with E-state index in [1.165, 1.54) is 0 Å². The molecule has 1 amide bonds. The molecule has 1 aromatic carbocycles. The summed E-state index contributed by atoms with van der Waals surface area (Å²) in [5, 5.41) is 10.6. The van der Waals surface area contributed by atoms with E-state index in [0.717, 1.165) is 4.47 Å². The fraction of sp³-hybridized carbons (Fsp3) is 0.0556. The second-order valence-electron chi connectivity index (χ2n) is 5.42. The van der Waals surface area contributed by atoms with E-state index in [-0.39, 0.29) is 12.4 Å². The number of hydrogen-bond donors (Lipinski definition) is 1. The first-order valence-electron chi connectivity index (χ1n) is 7.77. The maximum atomic E-state index is 12.3. The Balaban J connectivity index is 1.42. The molecule has 0 spiro atoms. The second kappa shape index (κ2) is 7.01. The summed E-state index contributed by atoms with van der Waals surface area (Å²) in [5.41, 5.74) is 0.644. The molecular formula is C18H13BrN4O3. The Morgan fingerprint density at radius 2 is 1.96 bits per heavy atom. The van der Waals surface area contributed by atoms with Gasteiger partial charge in [-0.15, -0.1) is 10.2 Å². The first-order valence-corrected chi connectivity index (χ1v) is 8.56. The van der Waals surface area contributed by atoms with E-state index in [4.69, 9.17) is 9.15 Å². The van der Waals surface area contributed by atoms with E-state index < -0.39 is 5.91 Å². The van der Waals surface area contributed by atoms with Crippen LogP contribution in [0.25, 0.3) is 5.65 Å². The van der Waals surface area contributed by atoms with E-state index in [1.807, 2.05) is 36.4 Å². The Hall–Kier alpha value is -3.13. The zero-order valence-corrected chi connectivity index (χ0v) is 15.0. The molecule has 3 aromatic heterocycles. The van der Waals surface area contributed by atoms with Gasteiger partial charge < -0.3 is 9.15 Å². The van der Waals surface area contributed by atoms with E-state index in [2.05, 4.69) is 31.4 Å². The molecule has 7 nitrogen and oxygen atoms in total. The van der Waals surface area contributed by atoms with Gasteiger partial charge in [-0.3, -0.25) is 14.5 Å². The third-order valence-electron chi connectivity index (χ3n) is 3.62. The maximum Gasteiger partial charge on any atom is 0.293 e. The Bertz CT molecular complexity index is 1060. The van der Waals surface area contributed by atoms with Gasteiger partial charge in [0.15, 0.2) is 11.4 Å². The summed E-state index contributed by atoms with van der Waals surface area (Å²) < 4.78 is 13.8. The molecule has 130 valence electrons. The molecule has 0 unspecified atom stereocenters. The number of amides is 1. The summed E-state index contributed by atoms with van der Waals surface area (Å²) in [6, 6.07) is 16.2. The van der Waals surface area contributed by atoms with Gasteiger partial charge in [-0.05, 0) is 48.5 Å². The van der Waals surface area contributed by atoms with E-state index in [9.17, 15) is 4.79 Å². The van der Waals surface area contributed by atoms with E-state index >= 15 is 0 Å². The summed E-state index contributed by atoms with van der Waals surface area (Å²) in [7, 11) is 0. The molecule has 0 aliphatic rings. The van der Waals surface area contributed by atoms with Crippen LogP contribution in [0.15, 0.2) is 69.7 Å². The summed E-state index contributed by atoms with van der Waals surface area (Å²) in [6.07, 6.45) is 1.77. The summed E-state index contributed by atoms with van der Waals surface area (Å²) in [5.74, 6) is 1.36. The Labute approximate surface area is 156 Å². The monoisotopic (exact) mass is 412 g/mol. The van der Waals surface area contributed by atoms with Crippen LogP contribution in [0, 0.1) is 0 Å². The molecule has 0 aliphatic carbocycles. The van der Waals surface area contributed by atoms with Crippen molar-refractivity contribution in [2.75, 3.05) is 5.32 Å². The lowest BCUT2D eigenvalue weighted by Gasteiger charge is -2.04. The third kappa shape index (κ3) is 3.45. The largest absolute Gasteiger partial charge is 0.486 e. The summed E-state index contributed by atoms with van der Waals surface area (Å²) in [4.78, 5) is 12.3. The first-order chi connectivity index (χ1) is 12.7. The molecule has 4 aromatic rings. The highest BCUT2D eigenvalue weighted by atomic mass is 79.9. The number of nitrogens with one attached hydrogen (secondary N) is 1. The van der Waals surface area contributed by atoms with Crippen LogP contribution in [-0.2, 0) is 6.61 Å². The summed E-state index contributed by atoms with van der Waals surface area (Å²) >= 11 is 3.37. The molecule has 3 heterocycles. The Morgan fingerprint density at radius 3 is 2.81 bits per heavy atom. The minimum Gasteiger partial charge on any atom is -0.486 e. The SMILES string of the molecule is O=C(Nc1nnc2ccccn12)c1ccc(COc2ccc(Br)cc2)o1. The number of carbonyl (C=O) groups excluding carboxylic acids is 1. The number of hydrogen-bond acceptors (Lipinski definition) is 5. The van der Waals surface area contributed by atoms with Crippen molar-refractivity contribution in [2.24, 2.45) is 0 Å². The highest BCUT2D eigenvalue weighted by molar-refractivity contribution is 9.10. The molecule has 0 saturated carbocycles. The van der Waals surface area contributed by atoms with Crippen molar-refractivity contribution in [1.29, 1.82) is 0 Å². The predicted molar refractivity (Wildman–Crippen MR) is 98.1 cm³/mol. The molecule has 8 heteroatoms. The fourth-order valence-corrected chi connectivity index (χ4v) is 2.62. The Morgan fingerprint density at radius 1 is 1.12 bits per heavy atom. The van der Waals surface area contributed by atoms with Crippen molar-refractivity contribution < 1.29 is 13.9 Å². The molecule has 0 saturated heterocycles. The number of benzene rings is 1. The first kappa shape index (κ1) is 16.3. The number of nitrogens with zero attached hydrogens (tertiary/aromatic N) is 3. The number of furan rings is 1. The van der Waals surface area contributed by atoms with Gasteiger partial charge in [0.1, 0.15) is 18.1 Å². The smallest absolute Gasteiger partial charge is 0.293 e. The molecular weight excluding hydrogens is 400 g/mol. The molecule has 0 atom stereocenters. The van der Waals surface area contributed by atoms with Crippen molar-refractivity contribution in [2.45, 2.75) is 6.61 Å². The predicted octanol–water partition coefficient (Wildman–Crippen LogP) is 3.92. The van der Waals surface area contributed by atoms with Crippen LogP contribution in [0.2, 0.25) is 0 Å². The van der Waals surface area contributed by atoms with Gasteiger partial charge in [0.05, 0.1) is 0 Å². The average Bonchev–Trinajstić information content (AvgIpc) is 3.29. The lowest BCUT2D eigenvalue weighted by molar-refractivity contribution is 0.0991. The highest BCUT2D eigenvalue weighted by Gasteiger charge is 2.15. The van der Waals surface area contributed by atoms with Crippen LogP contribution in [0.1, 0.15) is 16.3 Å². The zero-order valence-electron chi connectivity index (χ0n) is 13.4. The van der Waals surface area contributed by atoms with Gasteiger partial charge in [0.25, 0.3) is 5.91 Å². The van der Waals surface area contributed by atoms with Gasteiger partial charge in [0.2, 0.25) is 5.95 Å². The van der Waals surface area contributed by atoms with Gasteiger partial charge >= 0.3 is 0 Å². The number of pyridine rings is 1. The molecule has 0 bridgehead atoms. The number of halogens is 1. The van der Waals surface area contributed by atoms with Crippen molar-refractivity contribution in [3.05, 3.63) is 76.8 Å². The molecule has 1 N–H and O–H groups in total. The molecule has 4 rings (SSSR count). The fourth-order valence-electron chi connectivity index (χ4n) is 2.35. The second-order valence-corrected chi connectivity index (χ2v) is 6.33. The number of carbonyl (C=O) groups is 1. The molecule has 26 heavy (non-hydrogen) atoms. The van der Waals surface area contributed by atoms with Crippen LogP contribution in [0.5, 0.6) is 5.75 Å². The van der Waals surface area contributed by atoms with E-state index in [0.29, 0.717) is 23.1 Å². The van der Waals surface area contributed by atoms with Crippen molar-refractivity contribution in [3.8, 4) is 5.75 Å². The number of aromatic nitrogens is 3. The number of anilines is 1. The summed E-state index contributed by atoms with van der Waals surface area (Å²) in [6.45, 7) is 0.225. The van der Waals surface area contributed by atoms with Crippen LogP contribution >= 0.6 is 15.9 Å². The lowest BCUT2D eigenvalue weighted by Crippen LogP contribution is -2.13. The molecule has 0 radical (unpaired) electrons. The highest BCUT2D eigenvalue weighted by Crippen LogP contribution is 2.18. The van der Waals surface area contributed by atoms with Gasteiger partial charge in [-0.1, -0.05) is 22.0 Å². The quantitative estimate of drug-likeness (QED) is 0.537. The number of fused-ring (bicyclic) bond motifs is 1. The minimum absolute atomic E-state index is 0.173. The van der Waals surface area contributed by atoms with Crippen LogP contribution in [-0.4, -0.2) is 20.5 Å². The Kier molecular flexibility index (Phi) is 4.40. The van der Waals surface area contributed by atoms with Gasteiger partial charge in [-0.25, -0.2) is 0 Å². The normalized spacial score (nSPS) is 10.8. The van der Waals surface area contributed by atoms with Crippen LogP contribution < -0.4 is 10.1 Å². The standard InChI is InChI=1S/C18H13BrN4O3/c19-12-4-6-13(7-5-12)25-11-14-8-9-15(26-14)17(24)20-18-22-21-16-3-1-2-10-23(16)18/h1-10H,11H2,(H,20,22,24). The third-order valence-corrected chi connectivity index (χ3v) is 4.15. The minimum atomic E-state index is -0.405. The van der Waals surface area contributed by atoms with E-state index in [1.54, 1.807) is 28.8 Å². The van der Waals surface area contributed by atoms with Crippen molar-refractivity contribution >= 4 is 33.4 Å². The van der Waals surface area contributed by atoms with Gasteiger partial charge in [0, 0.05) is 10.7 Å². The average molecular weight is 413 g/mol. The number of ether oxygens (including phenoxy) is 1. The maximum absolute atomic E-state index is 12.3. The van der Waals surface area contributed by atoms with Crippen molar-refractivity contribution in [3.63, 3.8) is 0 Å². The molecule has 0 fully saturated rings. The number of rotatable bonds is 5. The van der Waals surface area contributed by atoms with Crippen molar-refractivity contribution in [1.82, 2.24) is 14.6 Å².